The van der Waals surface area contributed by atoms with Crippen molar-refractivity contribution < 1.29 is 4.74 Å². The Balaban J connectivity index is 1.55. The second-order valence-electron chi connectivity index (χ2n) is 8.36. The van der Waals surface area contributed by atoms with Crippen molar-refractivity contribution in [2.45, 2.75) is 39.7 Å². The van der Waals surface area contributed by atoms with Crippen LogP contribution in [0, 0.1) is 6.92 Å². The summed E-state index contributed by atoms with van der Waals surface area (Å²) in [4.78, 5) is 11.6. The van der Waals surface area contributed by atoms with Crippen molar-refractivity contribution in [3.8, 4) is 11.4 Å². The zero-order chi connectivity index (χ0) is 23.9. The van der Waals surface area contributed by atoms with Crippen LogP contribution in [-0.2, 0) is 19.4 Å². The van der Waals surface area contributed by atoms with Crippen LogP contribution in [0.4, 0.5) is 5.95 Å². The summed E-state index contributed by atoms with van der Waals surface area (Å²) in [6.45, 7) is 5.65. The molecule has 0 fully saturated rings. The lowest BCUT2D eigenvalue weighted by Gasteiger charge is -2.22. The Morgan fingerprint density at radius 1 is 0.971 bits per heavy atom. The molecule has 6 nitrogen and oxygen atoms in total. The maximum atomic E-state index is 6.36. The first-order valence-electron chi connectivity index (χ1n) is 11.5. The molecule has 0 aliphatic heterocycles. The molecular formula is C27H30ClN5O. The van der Waals surface area contributed by atoms with Gasteiger partial charge in [0.1, 0.15) is 5.75 Å². The molecule has 0 N–H and O–H groups in total. The molecule has 0 unspecified atom stereocenters. The highest BCUT2D eigenvalue weighted by Crippen LogP contribution is 2.22. The highest BCUT2D eigenvalue weighted by molar-refractivity contribution is 6.32. The number of aromatic nitrogens is 4. The molecule has 4 aromatic rings. The predicted molar refractivity (Wildman–Crippen MR) is 137 cm³/mol. The molecule has 4 rings (SSSR count). The summed E-state index contributed by atoms with van der Waals surface area (Å²) in [5, 5.41) is 5.20. The molecule has 2 heterocycles. The number of aryl methyl sites for hydroxylation is 2. The third-order valence-corrected chi connectivity index (χ3v) is 6.07. The predicted octanol–water partition coefficient (Wildman–Crippen LogP) is 5.83. The van der Waals surface area contributed by atoms with Gasteiger partial charge in [-0.15, -0.1) is 0 Å². The van der Waals surface area contributed by atoms with Crippen molar-refractivity contribution in [3.05, 3.63) is 94.5 Å². The van der Waals surface area contributed by atoms with E-state index in [0.29, 0.717) is 11.6 Å². The minimum absolute atomic E-state index is 0.646. The molecule has 0 aliphatic rings. The summed E-state index contributed by atoms with van der Waals surface area (Å²) in [6, 6.07) is 14.0. The van der Waals surface area contributed by atoms with E-state index in [9.17, 15) is 0 Å². The van der Waals surface area contributed by atoms with Gasteiger partial charge in [-0.3, -0.25) is 0 Å². The number of halogens is 1. The van der Waals surface area contributed by atoms with E-state index in [1.807, 2.05) is 59.8 Å². The first-order valence-corrected chi connectivity index (χ1v) is 11.9. The first-order chi connectivity index (χ1) is 16.6. The lowest BCUT2D eigenvalue weighted by molar-refractivity contribution is 0.411. The van der Waals surface area contributed by atoms with E-state index in [1.165, 1.54) is 5.56 Å². The molecule has 0 saturated heterocycles. The molecule has 0 radical (unpaired) electrons. The molecule has 7 heteroatoms. The zero-order valence-corrected chi connectivity index (χ0v) is 20.7. The zero-order valence-electron chi connectivity index (χ0n) is 19.9. The Morgan fingerprint density at radius 2 is 1.76 bits per heavy atom. The lowest BCUT2D eigenvalue weighted by atomic mass is 10.1. The molecule has 2 aromatic carbocycles. The van der Waals surface area contributed by atoms with E-state index in [4.69, 9.17) is 16.3 Å². The van der Waals surface area contributed by atoms with Crippen LogP contribution in [0.2, 0.25) is 5.02 Å². The first kappa shape index (κ1) is 23.8. The molecular weight excluding hydrogens is 446 g/mol. The van der Waals surface area contributed by atoms with E-state index < -0.39 is 0 Å². The number of anilines is 1. The van der Waals surface area contributed by atoms with Crippen LogP contribution in [0.1, 0.15) is 35.6 Å². The summed E-state index contributed by atoms with van der Waals surface area (Å²) in [5.74, 6) is 1.62. The minimum atomic E-state index is 0.646. The Morgan fingerprint density at radius 3 is 2.47 bits per heavy atom. The average Bonchev–Trinajstić information content (AvgIpc) is 3.31. The third-order valence-electron chi connectivity index (χ3n) is 5.75. The van der Waals surface area contributed by atoms with Crippen LogP contribution in [0.15, 0.2) is 67.3 Å². The van der Waals surface area contributed by atoms with Gasteiger partial charge in [-0.05, 0) is 54.7 Å². The smallest absolute Gasteiger partial charge is 0.225 e. The third kappa shape index (κ3) is 5.75. The van der Waals surface area contributed by atoms with Crippen molar-refractivity contribution in [1.29, 1.82) is 0 Å². The lowest BCUT2D eigenvalue weighted by Crippen LogP contribution is -2.27. The van der Waals surface area contributed by atoms with Gasteiger partial charge in [0.15, 0.2) is 0 Å². The number of para-hydroxylation sites is 1. The minimum Gasteiger partial charge on any atom is -0.496 e. The molecule has 0 bridgehead atoms. The monoisotopic (exact) mass is 475 g/mol. The average molecular weight is 476 g/mol. The van der Waals surface area contributed by atoms with Gasteiger partial charge in [-0.25, -0.2) is 14.6 Å². The number of rotatable bonds is 10. The van der Waals surface area contributed by atoms with Crippen molar-refractivity contribution in [3.63, 3.8) is 0 Å². The van der Waals surface area contributed by atoms with E-state index >= 15 is 0 Å². The number of methoxy groups -OCH3 is 1. The van der Waals surface area contributed by atoms with Crippen LogP contribution in [0.5, 0.6) is 5.75 Å². The SMILES string of the molecule is CCCc1cnc(N(CCc2ccc(OC)c(C)c2)Cc2cnn(-c3ccccc3Cl)c2)nc1. The van der Waals surface area contributed by atoms with Gasteiger partial charge in [0.05, 0.1) is 24.0 Å². The number of ether oxygens (including phenoxy) is 1. The van der Waals surface area contributed by atoms with Crippen molar-refractivity contribution in [2.75, 3.05) is 18.6 Å². The summed E-state index contributed by atoms with van der Waals surface area (Å²) in [6.07, 6.45) is 10.7. The van der Waals surface area contributed by atoms with Gasteiger partial charge in [0.25, 0.3) is 0 Å². The Hall–Kier alpha value is -3.38. The molecule has 0 spiro atoms. The van der Waals surface area contributed by atoms with Crippen molar-refractivity contribution in [1.82, 2.24) is 19.7 Å². The molecule has 2 aromatic heterocycles. The maximum absolute atomic E-state index is 6.36. The van der Waals surface area contributed by atoms with Crippen LogP contribution < -0.4 is 9.64 Å². The molecule has 34 heavy (non-hydrogen) atoms. The number of nitrogens with zero attached hydrogens (tertiary/aromatic N) is 5. The van der Waals surface area contributed by atoms with Gasteiger partial charge in [0.2, 0.25) is 5.95 Å². The molecule has 0 saturated carbocycles. The summed E-state index contributed by atoms with van der Waals surface area (Å²) < 4.78 is 7.22. The number of hydrogen-bond donors (Lipinski definition) is 0. The normalized spacial score (nSPS) is 10.9. The van der Waals surface area contributed by atoms with Gasteiger partial charge in [0, 0.05) is 37.2 Å². The van der Waals surface area contributed by atoms with Gasteiger partial charge in [-0.1, -0.05) is 49.2 Å². The maximum Gasteiger partial charge on any atom is 0.225 e. The van der Waals surface area contributed by atoms with Gasteiger partial charge in [-0.2, -0.15) is 5.10 Å². The molecule has 0 aliphatic carbocycles. The number of benzene rings is 2. The van der Waals surface area contributed by atoms with Gasteiger partial charge < -0.3 is 9.64 Å². The van der Waals surface area contributed by atoms with Crippen LogP contribution in [0.3, 0.4) is 0 Å². The van der Waals surface area contributed by atoms with Crippen LogP contribution in [-0.4, -0.2) is 33.4 Å². The summed E-state index contributed by atoms with van der Waals surface area (Å²) in [7, 11) is 1.70. The fraction of sp³-hybridized carbons (Fsp3) is 0.296. The van der Waals surface area contributed by atoms with E-state index in [2.05, 4.69) is 45.9 Å². The van der Waals surface area contributed by atoms with Crippen molar-refractivity contribution >= 4 is 17.5 Å². The summed E-state index contributed by atoms with van der Waals surface area (Å²) >= 11 is 6.36. The highest BCUT2D eigenvalue weighted by atomic mass is 35.5. The van der Waals surface area contributed by atoms with Crippen LogP contribution >= 0.6 is 11.6 Å². The fourth-order valence-corrected chi connectivity index (χ4v) is 4.19. The quantitative estimate of drug-likeness (QED) is 0.288. The second-order valence-corrected chi connectivity index (χ2v) is 8.77. The standard InChI is InChI=1S/C27H30ClN5O/c1-4-7-22-15-29-27(30-16-22)32(13-12-21-10-11-26(34-3)20(2)14-21)18-23-17-31-33(19-23)25-9-6-5-8-24(25)28/h5-6,8-11,14-17,19H,4,7,12-13,18H2,1-3H3. The van der Waals surface area contributed by atoms with Gasteiger partial charge >= 0.3 is 0 Å². The summed E-state index contributed by atoms with van der Waals surface area (Å²) in [5.41, 5.74) is 5.46. The van der Waals surface area contributed by atoms with E-state index in [-0.39, 0.29) is 0 Å². The van der Waals surface area contributed by atoms with Crippen molar-refractivity contribution in [2.24, 2.45) is 0 Å². The topological polar surface area (TPSA) is 56.1 Å². The Bertz CT molecular complexity index is 1220. The Labute approximate surface area is 206 Å². The molecule has 0 atom stereocenters. The Kier molecular flexibility index (Phi) is 7.80. The highest BCUT2D eigenvalue weighted by Gasteiger charge is 2.14. The second kappa shape index (κ2) is 11.2. The van der Waals surface area contributed by atoms with E-state index in [0.717, 1.165) is 59.9 Å². The fourth-order valence-electron chi connectivity index (χ4n) is 3.97. The number of hydrogen-bond acceptors (Lipinski definition) is 5. The largest absolute Gasteiger partial charge is 0.496 e. The van der Waals surface area contributed by atoms with E-state index in [1.54, 1.807) is 7.11 Å². The van der Waals surface area contributed by atoms with Crippen LogP contribution in [0.25, 0.3) is 5.69 Å². The molecule has 176 valence electrons. The molecule has 0 amide bonds.